The van der Waals surface area contributed by atoms with Gasteiger partial charge >= 0.3 is 0 Å². The van der Waals surface area contributed by atoms with Crippen molar-refractivity contribution >= 4 is 16.7 Å². The molecular weight excluding hydrogens is 288 g/mol. The number of nitrogens with zero attached hydrogens (tertiary/aromatic N) is 1. The number of hydrogen-bond acceptors (Lipinski definition) is 3. The molecule has 0 amide bonds. The third kappa shape index (κ3) is 3.22. The molecule has 1 aromatic heterocycles. The molecular formula is C19H24N2O2. The highest BCUT2D eigenvalue weighted by Gasteiger charge is 2.19. The minimum Gasteiger partial charge on any atom is -0.358 e. The van der Waals surface area contributed by atoms with Gasteiger partial charge in [-0.3, -0.25) is 14.5 Å². The Morgan fingerprint density at radius 3 is 2.87 bits per heavy atom. The van der Waals surface area contributed by atoms with E-state index in [1.807, 2.05) is 13.0 Å². The summed E-state index contributed by atoms with van der Waals surface area (Å²) in [5, 5.41) is 0.614. The second-order valence-electron chi connectivity index (χ2n) is 6.86. The summed E-state index contributed by atoms with van der Waals surface area (Å²) in [6.45, 7) is 8.54. The fraction of sp³-hybridized carbons (Fsp3) is 0.474. The zero-order valence-electron chi connectivity index (χ0n) is 14.1. The maximum atomic E-state index is 12.9. The number of aromatic amines is 1. The Kier molecular flexibility index (Phi) is 4.35. The molecule has 1 saturated heterocycles. The van der Waals surface area contributed by atoms with Crippen LogP contribution in [0.15, 0.2) is 23.0 Å². The number of nitrogens with one attached hydrogen (secondary N) is 1. The van der Waals surface area contributed by atoms with Crippen molar-refractivity contribution in [1.82, 2.24) is 9.88 Å². The maximum absolute atomic E-state index is 12.9. The van der Waals surface area contributed by atoms with E-state index in [4.69, 9.17) is 0 Å². The highest BCUT2D eigenvalue weighted by molar-refractivity contribution is 5.97. The molecule has 0 unspecified atom stereocenters. The lowest BCUT2D eigenvalue weighted by Crippen LogP contribution is -2.35. The van der Waals surface area contributed by atoms with E-state index in [2.05, 4.69) is 16.8 Å². The van der Waals surface area contributed by atoms with Gasteiger partial charge in [-0.15, -0.1) is 0 Å². The zero-order valence-corrected chi connectivity index (χ0v) is 14.1. The Morgan fingerprint density at radius 2 is 2.17 bits per heavy atom. The van der Waals surface area contributed by atoms with Crippen LogP contribution in [-0.2, 0) is 6.54 Å². The Bertz CT molecular complexity index is 807. The summed E-state index contributed by atoms with van der Waals surface area (Å²) < 4.78 is 0. The van der Waals surface area contributed by atoms with Crippen LogP contribution in [0.5, 0.6) is 0 Å². The number of carbonyl (C=O) groups is 1. The van der Waals surface area contributed by atoms with E-state index < -0.39 is 0 Å². The number of pyridine rings is 1. The fourth-order valence-corrected chi connectivity index (χ4v) is 3.51. The van der Waals surface area contributed by atoms with Crippen LogP contribution in [0.3, 0.4) is 0 Å². The third-order valence-electron chi connectivity index (χ3n) is 4.84. The summed E-state index contributed by atoms with van der Waals surface area (Å²) in [6, 6.07) is 5.32. The van der Waals surface area contributed by atoms with Crippen LogP contribution in [0.1, 0.15) is 48.3 Å². The molecule has 4 nitrogen and oxygen atoms in total. The molecule has 2 heterocycles. The van der Waals surface area contributed by atoms with E-state index >= 15 is 0 Å². The molecule has 1 N–H and O–H groups in total. The number of Topliss-reactive ketones (excluding diaryl/α,β-unsaturated/α-hetero) is 1. The number of likely N-dealkylation sites (tertiary alicyclic amines) is 1. The summed E-state index contributed by atoms with van der Waals surface area (Å²) in [4.78, 5) is 30.2. The number of hydrogen-bond donors (Lipinski definition) is 1. The highest BCUT2D eigenvalue weighted by Crippen LogP contribution is 2.19. The molecule has 0 bridgehead atoms. The molecule has 2 aromatic rings. The van der Waals surface area contributed by atoms with Gasteiger partial charge in [-0.2, -0.15) is 0 Å². The van der Waals surface area contributed by atoms with Crippen molar-refractivity contribution in [2.75, 3.05) is 13.1 Å². The molecule has 1 atom stereocenters. The van der Waals surface area contributed by atoms with Crippen LogP contribution in [-0.4, -0.2) is 28.8 Å². The van der Waals surface area contributed by atoms with Crippen LogP contribution in [0, 0.1) is 12.8 Å². The standard InChI is InChI=1S/C19H24N2O2/c1-12-5-4-8-21(10-12)11-17-13(2)20-18-7-6-15(14(3)22)9-16(18)19(17)23/h6-7,9,12H,4-5,8,10-11H2,1-3H3,(H,20,23)/t12-/m1/s1. The molecule has 1 fully saturated rings. The Hall–Kier alpha value is -1.94. The summed E-state index contributed by atoms with van der Waals surface area (Å²) >= 11 is 0. The van der Waals surface area contributed by atoms with E-state index in [1.54, 1.807) is 12.1 Å². The molecule has 0 radical (unpaired) electrons. The number of benzene rings is 1. The summed E-state index contributed by atoms with van der Waals surface area (Å²) in [5.41, 5.74) is 3.19. The van der Waals surface area contributed by atoms with Crippen molar-refractivity contribution in [2.24, 2.45) is 5.92 Å². The molecule has 3 rings (SSSR count). The van der Waals surface area contributed by atoms with E-state index in [9.17, 15) is 9.59 Å². The predicted octanol–water partition coefficient (Wildman–Crippen LogP) is 3.27. The summed E-state index contributed by atoms with van der Waals surface area (Å²) in [6.07, 6.45) is 2.46. The van der Waals surface area contributed by atoms with Crippen molar-refractivity contribution in [3.63, 3.8) is 0 Å². The first kappa shape index (κ1) is 15.9. The second-order valence-corrected chi connectivity index (χ2v) is 6.86. The zero-order chi connectivity index (χ0) is 16.6. The number of H-pyrrole nitrogens is 1. The lowest BCUT2D eigenvalue weighted by Gasteiger charge is -2.31. The van der Waals surface area contributed by atoms with Gasteiger partial charge in [-0.05, 0) is 57.4 Å². The van der Waals surface area contributed by atoms with Crippen LogP contribution >= 0.6 is 0 Å². The van der Waals surface area contributed by atoms with Crippen LogP contribution < -0.4 is 5.43 Å². The molecule has 0 aliphatic carbocycles. The maximum Gasteiger partial charge on any atom is 0.194 e. The van der Waals surface area contributed by atoms with Gasteiger partial charge in [0.25, 0.3) is 0 Å². The number of piperidine rings is 1. The molecule has 122 valence electrons. The Morgan fingerprint density at radius 1 is 1.39 bits per heavy atom. The predicted molar refractivity (Wildman–Crippen MR) is 93.0 cm³/mol. The molecule has 0 saturated carbocycles. The van der Waals surface area contributed by atoms with Crippen molar-refractivity contribution in [1.29, 1.82) is 0 Å². The lowest BCUT2D eigenvalue weighted by atomic mass is 9.99. The average Bonchev–Trinajstić information content (AvgIpc) is 2.51. The van der Waals surface area contributed by atoms with E-state index in [0.29, 0.717) is 23.4 Å². The Balaban J connectivity index is 2.02. The minimum atomic E-state index is -0.0155. The highest BCUT2D eigenvalue weighted by atomic mass is 16.1. The number of ketones is 1. The molecule has 1 aliphatic heterocycles. The largest absolute Gasteiger partial charge is 0.358 e. The third-order valence-corrected chi connectivity index (χ3v) is 4.84. The lowest BCUT2D eigenvalue weighted by molar-refractivity contribution is 0.101. The average molecular weight is 312 g/mol. The van der Waals surface area contributed by atoms with Crippen molar-refractivity contribution in [3.05, 3.63) is 45.2 Å². The van der Waals surface area contributed by atoms with Gasteiger partial charge in [0.05, 0.1) is 0 Å². The summed E-state index contributed by atoms with van der Waals surface area (Å²) in [7, 11) is 0. The first-order chi connectivity index (χ1) is 11.0. The van der Waals surface area contributed by atoms with E-state index in [-0.39, 0.29) is 11.2 Å². The van der Waals surface area contributed by atoms with Gasteiger partial charge < -0.3 is 4.98 Å². The van der Waals surface area contributed by atoms with Gasteiger partial charge in [0.15, 0.2) is 11.2 Å². The van der Waals surface area contributed by atoms with Crippen molar-refractivity contribution < 1.29 is 4.79 Å². The first-order valence-corrected chi connectivity index (χ1v) is 8.34. The fourth-order valence-electron chi connectivity index (χ4n) is 3.51. The van der Waals surface area contributed by atoms with E-state index in [1.165, 1.54) is 19.8 Å². The van der Waals surface area contributed by atoms with Gasteiger partial charge in [0, 0.05) is 40.8 Å². The van der Waals surface area contributed by atoms with Crippen molar-refractivity contribution in [3.8, 4) is 0 Å². The second kappa shape index (κ2) is 6.28. The quantitative estimate of drug-likeness (QED) is 0.885. The number of carbonyl (C=O) groups excluding carboxylic acids is 1. The molecule has 1 aliphatic rings. The Labute approximate surface area is 136 Å². The van der Waals surface area contributed by atoms with Crippen molar-refractivity contribution in [2.45, 2.75) is 40.2 Å². The van der Waals surface area contributed by atoms with E-state index in [0.717, 1.165) is 29.9 Å². The van der Waals surface area contributed by atoms with Crippen LogP contribution in [0.2, 0.25) is 0 Å². The number of aryl methyl sites for hydroxylation is 1. The first-order valence-electron chi connectivity index (χ1n) is 8.34. The molecule has 0 spiro atoms. The van der Waals surface area contributed by atoms with Crippen LogP contribution in [0.4, 0.5) is 0 Å². The SMILES string of the molecule is CC(=O)c1ccc2[nH]c(C)c(CN3CCC[C@@H](C)C3)c(=O)c2c1. The molecule has 1 aromatic carbocycles. The van der Waals surface area contributed by atoms with Gasteiger partial charge in [-0.1, -0.05) is 6.92 Å². The molecule has 23 heavy (non-hydrogen) atoms. The van der Waals surface area contributed by atoms with Gasteiger partial charge in [0.2, 0.25) is 0 Å². The number of aromatic nitrogens is 1. The van der Waals surface area contributed by atoms with Gasteiger partial charge in [0.1, 0.15) is 0 Å². The smallest absolute Gasteiger partial charge is 0.194 e. The minimum absolute atomic E-state index is 0.0155. The number of rotatable bonds is 3. The normalized spacial score (nSPS) is 19.2. The topological polar surface area (TPSA) is 53.2 Å². The van der Waals surface area contributed by atoms with Gasteiger partial charge in [-0.25, -0.2) is 0 Å². The number of fused-ring (bicyclic) bond motifs is 1. The van der Waals surface area contributed by atoms with Crippen LogP contribution in [0.25, 0.3) is 10.9 Å². The monoisotopic (exact) mass is 312 g/mol. The molecule has 4 heteroatoms. The summed E-state index contributed by atoms with van der Waals surface area (Å²) in [5.74, 6) is 0.672.